The van der Waals surface area contributed by atoms with Gasteiger partial charge in [0.05, 0.1) is 15.2 Å². The number of carboxylic acid groups (broad SMARTS) is 1. The first-order valence-corrected chi connectivity index (χ1v) is 13.2. The van der Waals surface area contributed by atoms with Crippen LogP contribution in [0.25, 0.3) is 0 Å². The van der Waals surface area contributed by atoms with Crippen LogP contribution in [0, 0.1) is 5.82 Å². The monoisotopic (exact) mass is 651 g/mol. The van der Waals surface area contributed by atoms with E-state index in [1.807, 2.05) is 0 Å². The van der Waals surface area contributed by atoms with Gasteiger partial charge in [-0.2, -0.15) is 18.7 Å². The number of likely N-dealkylation sites (tertiary alicyclic amines) is 1. The summed E-state index contributed by atoms with van der Waals surface area (Å²) in [4.78, 5) is 33.4. The van der Waals surface area contributed by atoms with Crippen molar-refractivity contribution in [3.63, 3.8) is 0 Å². The number of piperidine rings is 1. The van der Waals surface area contributed by atoms with E-state index in [0.29, 0.717) is 17.3 Å². The van der Waals surface area contributed by atoms with E-state index in [1.165, 1.54) is 35.8 Å². The van der Waals surface area contributed by atoms with Gasteiger partial charge in [-0.05, 0) is 76.9 Å². The van der Waals surface area contributed by atoms with Crippen molar-refractivity contribution >= 4 is 56.9 Å². The van der Waals surface area contributed by atoms with Crippen molar-refractivity contribution in [2.45, 2.75) is 31.9 Å². The molecule has 0 atom stereocenters. The maximum atomic E-state index is 13.3. The van der Waals surface area contributed by atoms with E-state index in [0.717, 1.165) is 37.5 Å². The molecule has 0 unspecified atom stereocenters. The molecule has 1 saturated heterocycles. The van der Waals surface area contributed by atoms with Gasteiger partial charge >= 0.3 is 12.1 Å². The predicted molar refractivity (Wildman–Crippen MR) is 139 cm³/mol. The van der Waals surface area contributed by atoms with Crippen LogP contribution in [-0.4, -0.2) is 69.2 Å². The lowest BCUT2D eigenvalue weighted by molar-refractivity contribution is -0.192. The Balaban J connectivity index is 0.000000559. The molecule has 0 spiro atoms. The molecule has 0 radical (unpaired) electrons. The van der Waals surface area contributed by atoms with E-state index in [-0.39, 0.29) is 16.0 Å². The fraction of sp³-hybridized carbons (Fsp3) is 0.364. The topological polar surface area (TPSA) is 155 Å². The largest absolute Gasteiger partial charge is 0.490 e. The molecule has 12 nitrogen and oxygen atoms in total. The summed E-state index contributed by atoms with van der Waals surface area (Å²) in [6, 6.07) is 4.24. The number of oxime groups is 1. The zero-order chi connectivity index (χ0) is 29.3. The van der Waals surface area contributed by atoms with Gasteiger partial charge in [0.25, 0.3) is 5.91 Å². The van der Waals surface area contributed by atoms with Gasteiger partial charge in [0, 0.05) is 11.3 Å². The Morgan fingerprint density at radius 1 is 1.32 bits per heavy atom. The van der Waals surface area contributed by atoms with Crippen LogP contribution in [0.5, 0.6) is 0 Å². The fourth-order valence-corrected chi connectivity index (χ4v) is 4.68. The van der Waals surface area contributed by atoms with Gasteiger partial charge < -0.3 is 15.3 Å². The number of anilines is 2. The second-order valence-electron chi connectivity index (χ2n) is 8.09. The highest BCUT2D eigenvalue weighted by Crippen LogP contribution is 2.30. The van der Waals surface area contributed by atoms with Gasteiger partial charge in [-0.15, -0.1) is 11.3 Å². The van der Waals surface area contributed by atoms with Gasteiger partial charge in [0.2, 0.25) is 5.82 Å². The van der Waals surface area contributed by atoms with Crippen LogP contribution in [-0.2, 0) is 9.73 Å². The molecular weight excluding hydrogens is 630 g/mol. The molecule has 3 heterocycles. The molecule has 216 valence electrons. The van der Waals surface area contributed by atoms with E-state index < -0.39 is 23.9 Å². The van der Waals surface area contributed by atoms with Gasteiger partial charge in [0.1, 0.15) is 17.7 Å². The van der Waals surface area contributed by atoms with Crippen molar-refractivity contribution in [2.75, 3.05) is 30.4 Å². The standard InChI is InChI=1S/C20H21BrFN7O3S.C2HF3O2/c1-2-29-7-5-12(6-8-29)20-24-17(11-33-20)19(30)25-18-16(27-32-28-18)10-23-31-26-13-3-4-15(22)14(21)9-13;3-2(4,5)1(6)7/h3-4,9-12,26H,2,5-8H2,1H3,(H,25,28,30);(H,6,7)/b23-10+;. The molecule has 4 rings (SSSR count). The lowest BCUT2D eigenvalue weighted by Gasteiger charge is -2.29. The second-order valence-corrected chi connectivity index (χ2v) is 9.84. The molecule has 1 amide bonds. The minimum absolute atomic E-state index is 0.0858. The molecule has 1 aromatic carbocycles. The molecule has 2 aromatic heterocycles. The summed E-state index contributed by atoms with van der Waals surface area (Å²) in [5, 5.41) is 23.6. The predicted octanol–water partition coefficient (Wildman–Crippen LogP) is 4.89. The van der Waals surface area contributed by atoms with Crippen LogP contribution in [0.4, 0.5) is 29.1 Å². The number of hydrogen-bond donors (Lipinski definition) is 3. The quantitative estimate of drug-likeness (QED) is 0.174. The maximum absolute atomic E-state index is 13.3. The van der Waals surface area contributed by atoms with Crippen LogP contribution < -0.4 is 10.8 Å². The first-order valence-electron chi connectivity index (χ1n) is 11.5. The molecule has 0 bridgehead atoms. The zero-order valence-electron chi connectivity index (χ0n) is 20.6. The summed E-state index contributed by atoms with van der Waals surface area (Å²) in [5.74, 6) is -3.10. The summed E-state index contributed by atoms with van der Waals surface area (Å²) >= 11 is 4.58. The first-order chi connectivity index (χ1) is 19.0. The average molecular weight is 652 g/mol. The van der Waals surface area contributed by atoms with E-state index in [9.17, 15) is 22.4 Å². The Labute approximate surface area is 236 Å². The number of halogens is 5. The maximum Gasteiger partial charge on any atom is 0.490 e. The van der Waals surface area contributed by atoms with E-state index >= 15 is 0 Å². The molecule has 0 saturated carbocycles. The number of aromatic nitrogens is 3. The number of amides is 1. The van der Waals surface area contributed by atoms with Gasteiger partial charge in [-0.25, -0.2) is 18.8 Å². The Morgan fingerprint density at radius 3 is 2.65 bits per heavy atom. The van der Waals surface area contributed by atoms with E-state index in [1.54, 1.807) is 5.38 Å². The smallest absolute Gasteiger partial charge is 0.475 e. The zero-order valence-corrected chi connectivity index (χ0v) is 23.0. The number of carboxylic acids is 1. The van der Waals surface area contributed by atoms with E-state index in [2.05, 4.69) is 59.0 Å². The molecule has 3 aromatic rings. The number of aliphatic carboxylic acids is 1. The van der Waals surface area contributed by atoms with Crippen molar-refractivity contribution in [3.05, 3.63) is 50.3 Å². The number of thiazole rings is 1. The molecule has 18 heteroatoms. The van der Waals surface area contributed by atoms with Crippen LogP contribution in [0.2, 0.25) is 0 Å². The summed E-state index contributed by atoms with van der Waals surface area (Å²) in [6.07, 6.45) is -1.79. The van der Waals surface area contributed by atoms with Crippen molar-refractivity contribution in [1.29, 1.82) is 0 Å². The molecule has 0 aliphatic carbocycles. The highest BCUT2D eigenvalue weighted by atomic mass is 79.9. The first kappa shape index (κ1) is 30.9. The SMILES string of the molecule is CCN1CCC(c2nc(C(=O)Nc3nonc3/C=N/ONc3ccc(F)c(Br)c3)cs2)CC1.O=C(O)C(F)(F)F. The number of nitrogens with one attached hydrogen (secondary N) is 2. The van der Waals surface area contributed by atoms with Gasteiger partial charge in [0.15, 0.2) is 5.69 Å². The Morgan fingerprint density at radius 2 is 2.02 bits per heavy atom. The van der Waals surface area contributed by atoms with Gasteiger partial charge in [-0.3, -0.25) is 9.73 Å². The number of carbonyl (C=O) groups is 2. The Kier molecular flexibility index (Phi) is 10.9. The van der Waals surface area contributed by atoms with Crippen molar-refractivity contribution in [2.24, 2.45) is 5.16 Å². The van der Waals surface area contributed by atoms with Crippen LogP contribution in [0.1, 0.15) is 46.9 Å². The van der Waals surface area contributed by atoms with Crippen molar-refractivity contribution in [1.82, 2.24) is 20.2 Å². The molecule has 40 heavy (non-hydrogen) atoms. The summed E-state index contributed by atoms with van der Waals surface area (Å²) in [6.45, 7) is 5.31. The third-order valence-corrected chi connectivity index (χ3v) is 7.05. The van der Waals surface area contributed by atoms with Crippen LogP contribution in [0.15, 0.2) is 37.8 Å². The molecular formula is C22H22BrF4N7O5S. The second kappa shape index (κ2) is 14.1. The molecule has 1 aliphatic heterocycles. The Bertz CT molecular complexity index is 1330. The Hall–Kier alpha value is -3.64. The van der Waals surface area contributed by atoms with Crippen LogP contribution in [0.3, 0.4) is 0 Å². The normalized spacial score (nSPS) is 14.4. The fourth-order valence-electron chi connectivity index (χ4n) is 3.33. The summed E-state index contributed by atoms with van der Waals surface area (Å²) in [5.41, 5.74) is 3.49. The number of hydrogen-bond acceptors (Lipinski definition) is 11. The molecule has 1 aliphatic rings. The third-order valence-electron chi connectivity index (χ3n) is 5.44. The highest BCUT2D eigenvalue weighted by Gasteiger charge is 2.38. The van der Waals surface area contributed by atoms with Gasteiger partial charge in [-0.1, -0.05) is 12.1 Å². The van der Waals surface area contributed by atoms with Crippen molar-refractivity contribution < 1.29 is 41.8 Å². The number of carbonyl (C=O) groups excluding carboxylic acids is 1. The van der Waals surface area contributed by atoms with Crippen LogP contribution >= 0.6 is 27.3 Å². The number of benzene rings is 1. The van der Waals surface area contributed by atoms with E-state index in [4.69, 9.17) is 19.5 Å². The van der Waals surface area contributed by atoms with Crippen molar-refractivity contribution in [3.8, 4) is 0 Å². The number of alkyl halides is 3. The molecule has 3 N–H and O–H groups in total. The molecule has 1 fully saturated rings. The number of nitrogens with zero attached hydrogens (tertiary/aromatic N) is 5. The minimum atomic E-state index is -5.08. The average Bonchev–Trinajstić information content (AvgIpc) is 3.59. The lowest BCUT2D eigenvalue weighted by Crippen LogP contribution is -2.32. The highest BCUT2D eigenvalue weighted by molar-refractivity contribution is 9.10. The number of rotatable bonds is 8. The third kappa shape index (κ3) is 8.95. The minimum Gasteiger partial charge on any atom is -0.475 e. The summed E-state index contributed by atoms with van der Waals surface area (Å²) < 4.78 is 50.0. The lowest BCUT2D eigenvalue weighted by atomic mass is 9.98. The summed E-state index contributed by atoms with van der Waals surface area (Å²) in [7, 11) is 0.